The maximum absolute atomic E-state index is 13.0. The third-order valence-corrected chi connectivity index (χ3v) is 3.78. The van der Waals surface area contributed by atoms with Crippen LogP contribution >= 0.6 is 22.6 Å². The van der Waals surface area contributed by atoms with Gasteiger partial charge in [-0.3, -0.25) is 0 Å². The minimum Gasteiger partial charge on any atom is -0.196 e. The molecule has 0 rings (SSSR count). The van der Waals surface area contributed by atoms with Gasteiger partial charge in [0.05, 0.1) is 0 Å². The fourth-order valence-electron chi connectivity index (χ4n) is 1.43. The lowest BCUT2D eigenvalue weighted by Crippen LogP contribution is -2.46. The van der Waals surface area contributed by atoms with Gasteiger partial charge < -0.3 is 0 Å². The van der Waals surface area contributed by atoms with Crippen molar-refractivity contribution in [1.82, 2.24) is 0 Å². The number of rotatable bonds is 5. The second kappa shape index (κ2) is 5.63. The second-order valence-corrected chi connectivity index (χ2v) is 5.04. The SMILES string of the molecule is CCCC(I)C(CC)C(F)(F)C(F)(F)F. The zero-order valence-electron chi connectivity index (χ0n) is 8.54. The van der Waals surface area contributed by atoms with Gasteiger partial charge in [0.25, 0.3) is 0 Å². The Morgan fingerprint density at radius 1 is 1.07 bits per heavy atom. The average molecular weight is 344 g/mol. The molecule has 0 aromatic carbocycles. The molecule has 0 N–H and O–H groups in total. The van der Waals surface area contributed by atoms with Crippen molar-refractivity contribution in [1.29, 1.82) is 0 Å². The lowest BCUT2D eigenvalue weighted by atomic mass is 9.92. The molecular formula is C9H14F5I. The fourth-order valence-corrected chi connectivity index (χ4v) is 3.01. The van der Waals surface area contributed by atoms with E-state index < -0.39 is 21.9 Å². The van der Waals surface area contributed by atoms with Crippen LogP contribution in [-0.4, -0.2) is 16.0 Å². The van der Waals surface area contributed by atoms with Gasteiger partial charge in [0.15, 0.2) is 0 Å². The Morgan fingerprint density at radius 2 is 1.53 bits per heavy atom. The van der Waals surface area contributed by atoms with E-state index >= 15 is 0 Å². The molecule has 0 aromatic rings. The van der Waals surface area contributed by atoms with Gasteiger partial charge in [-0.25, -0.2) is 0 Å². The Balaban J connectivity index is 4.79. The molecule has 0 aliphatic rings. The van der Waals surface area contributed by atoms with E-state index in [9.17, 15) is 22.0 Å². The first-order valence-electron chi connectivity index (χ1n) is 4.77. The van der Waals surface area contributed by atoms with E-state index in [1.165, 1.54) is 6.92 Å². The molecule has 0 spiro atoms. The smallest absolute Gasteiger partial charge is 0.196 e. The van der Waals surface area contributed by atoms with E-state index in [2.05, 4.69) is 0 Å². The molecule has 0 aliphatic carbocycles. The quantitative estimate of drug-likeness (QED) is 0.381. The van der Waals surface area contributed by atoms with Crippen molar-refractivity contribution in [3.63, 3.8) is 0 Å². The topological polar surface area (TPSA) is 0 Å². The monoisotopic (exact) mass is 344 g/mol. The van der Waals surface area contributed by atoms with Crippen LogP contribution < -0.4 is 0 Å². The van der Waals surface area contributed by atoms with E-state index in [1.807, 2.05) is 0 Å². The Bertz CT molecular complexity index is 189. The first-order chi connectivity index (χ1) is 6.68. The number of alkyl halides is 6. The molecule has 0 amide bonds. The molecule has 0 saturated heterocycles. The number of hydrogen-bond donors (Lipinski definition) is 0. The molecule has 0 radical (unpaired) electrons. The zero-order valence-corrected chi connectivity index (χ0v) is 10.7. The van der Waals surface area contributed by atoms with Crippen LogP contribution in [0.15, 0.2) is 0 Å². The first kappa shape index (κ1) is 15.4. The predicted molar refractivity (Wildman–Crippen MR) is 57.5 cm³/mol. The lowest BCUT2D eigenvalue weighted by molar-refractivity contribution is -0.302. The maximum atomic E-state index is 13.0. The largest absolute Gasteiger partial charge is 0.453 e. The van der Waals surface area contributed by atoms with Gasteiger partial charge in [-0.2, -0.15) is 22.0 Å². The van der Waals surface area contributed by atoms with Crippen molar-refractivity contribution in [3.8, 4) is 0 Å². The molecule has 0 fully saturated rings. The summed E-state index contributed by atoms with van der Waals surface area (Å²) in [5.41, 5.74) is 0. The number of halogens is 6. The van der Waals surface area contributed by atoms with Crippen LogP contribution in [0.5, 0.6) is 0 Å². The molecule has 0 bridgehead atoms. The van der Waals surface area contributed by atoms with Crippen LogP contribution in [0.25, 0.3) is 0 Å². The van der Waals surface area contributed by atoms with Gasteiger partial charge in [-0.15, -0.1) is 0 Å². The fraction of sp³-hybridized carbons (Fsp3) is 1.00. The van der Waals surface area contributed by atoms with E-state index in [0.29, 0.717) is 12.8 Å². The normalized spacial score (nSPS) is 17.6. The molecule has 15 heavy (non-hydrogen) atoms. The maximum Gasteiger partial charge on any atom is 0.453 e. The third kappa shape index (κ3) is 3.71. The molecule has 0 heterocycles. The van der Waals surface area contributed by atoms with E-state index in [-0.39, 0.29) is 6.42 Å². The van der Waals surface area contributed by atoms with Crippen molar-refractivity contribution in [2.75, 3.05) is 0 Å². The van der Waals surface area contributed by atoms with Gasteiger partial charge in [0.1, 0.15) is 0 Å². The summed E-state index contributed by atoms with van der Waals surface area (Å²) in [6.45, 7) is 3.13. The second-order valence-electron chi connectivity index (χ2n) is 3.44. The summed E-state index contributed by atoms with van der Waals surface area (Å²) >= 11 is 1.69. The standard InChI is InChI=1S/C9H14F5I/c1-3-5-7(15)6(4-2)8(10,11)9(12,13)14/h6-7H,3-5H2,1-2H3. The first-order valence-corrected chi connectivity index (χ1v) is 6.01. The van der Waals surface area contributed by atoms with Crippen LogP contribution in [0, 0.1) is 5.92 Å². The Hall–Kier alpha value is 0.380. The Kier molecular flexibility index (Phi) is 5.77. The van der Waals surface area contributed by atoms with Crippen LogP contribution in [0.3, 0.4) is 0 Å². The van der Waals surface area contributed by atoms with Gasteiger partial charge in [-0.05, 0) is 12.8 Å². The zero-order chi connectivity index (χ0) is 12.3. The predicted octanol–water partition coefficient (Wildman–Crippen LogP) is 4.81. The van der Waals surface area contributed by atoms with E-state index in [1.54, 1.807) is 29.5 Å². The Labute approximate surface area is 99.7 Å². The van der Waals surface area contributed by atoms with Gasteiger partial charge >= 0.3 is 12.1 Å². The molecular weight excluding hydrogens is 330 g/mol. The lowest BCUT2D eigenvalue weighted by Gasteiger charge is -2.31. The van der Waals surface area contributed by atoms with Crippen LogP contribution in [0.1, 0.15) is 33.1 Å². The van der Waals surface area contributed by atoms with Crippen molar-refractivity contribution in [3.05, 3.63) is 0 Å². The summed E-state index contributed by atoms with van der Waals surface area (Å²) in [6.07, 6.45) is -4.62. The van der Waals surface area contributed by atoms with Gasteiger partial charge in [0, 0.05) is 9.84 Å². The van der Waals surface area contributed by atoms with Crippen molar-refractivity contribution >= 4 is 22.6 Å². The molecule has 0 nitrogen and oxygen atoms in total. The highest BCUT2D eigenvalue weighted by molar-refractivity contribution is 14.1. The van der Waals surface area contributed by atoms with E-state index in [0.717, 1.165) is 0 Å². The number of hydrogen-bond acceptors (Lipinski definition) is 0. The molecule has 0 aliphatic heterocycles. The molecule has 2 atom stereocenters. The summed E-state index contributed by atoms with van der Waals surface area (Å²) in [5.74, 6) is -6.21. The van der Waals surface area contributed by atoms with E-state index in [4.69, 9.17) is 0 Å². The van der Waals surface area contributed by atoms with Crippen molar-refractivity contribution < 1.29 is 22.0 Å². The van der Waals surface area contributed by atoms with Crippen LogP contribution in [-0.2, 0) is 0 Å². The third-order valence-electron chi connectivity index (χ3n) is 2.28. The van der Waals surface area contributed by atoms with Crippen LogP contribution in [0.2, 0.25) is 0 Å². The van der Waals surface area contributed by atoms with Crippen molar-refractivity contribution in [2.45, 2.75) is 49.1 Å². The molecule has 2 unspecified atom stereocenters. The molecule has 6 heteroatoms. The highest BCUT2D eigenvalue weighted by atomic mass is 127. The average Bonchev–Trinajstić information content (AvgIpc) is 2.03. The molecule has 0 aromatic heterocycles. The van der Waals surface area contributed by atoms with Gasteiger partial charge in [-0.1, -0.05) is 42.9 Å². The summed E-state index contributed by atoms with van der Waals surface area (Å²) in [6, 6.07) is 0. The highest BCUT2D eigenvalue weighted by Gasteiger charge is 2.62. The minimum absolute atomic E-state index is 0.167. The van der Waals surface area contributed by atoms with Crippen molar-refractivity contribution in [2.24, 2.45) is 5.92 Å². The summed E-state index contributed by atoms with van der Waals surface area (Å²) in [7, 11) is 0. The summed E-state index contributed by atoms with van der Waals surface area (Å²) < 4.78 is 61.8. The summed E-state index contributed by atoms with van der Waals surface area (Å²) in [4.78, 5) is 0. The minimum atomic E-state index is -5.44. The molecule has 0 saturated carbocycles. The Morgan fingerprint density at radius 3 is 1.80 bits per heavy atom. The highest BCUT2D eigenvalue weighted by Crippen LogP contribution is 2.46. The summed E-state index contributed by atoms with van der Waals surface area (Å²) in [5, 5.41) is 0. The molecule has 92 valence electrons. The van der Waals surface area contributed by atoms with Gasteiger partial charge in [0.2, 0.25) is 0 Å². The van der Waals surface area contributed by atoms with Crippen LogP contribution in [0.4, 0.5) is 22.0 Å².